The van der Waals surface area contributed by atoms with Crippen LogP contribution in [0.15, 0.2) is 29.8 Å². The smallest absolute Gasteiger partial charge is 0.356 e. The van der Waals surface area contributed by atoms with E-state index in [0.29, 0.717) is 4.96 Å². The Labute approximate surface area is 138 Å². The number of carbonyl (C=O) groups is 1. The van der Waals surface area contributed by atoms with Gasteiger partial charge in [0.2, 0.25) is 0 Å². The molecule has 5 nitrogen and oxygen atoms in total. The number of aromatic carboxylic acids is 1. The molecule has 3 aromatic rings. The van der Waals surface area contributed by atoms with E-state index in [4.69, 9.17) is 9.84 Å². The third-order valence-corrected chi connectivity index (χ3v) is 4.57. The van der Waals surface area contributed by atoms with Crippen molar-refractivity contribution in [3.63, 3.8) is 0 Å². The zero-order valence-corrected chi connectivity index (χ0v) is 14.3. The van der Waals surface area contributed by atoms with E-state index in [2.05, 4.69) is 31.8 Å². The first-order valence-corrected chi connectivity index (χ1v) is 8.08. The quantitative estimate of drug-likeness (QED) is 0.786. The number of carboxylic acids is 1. The van der Waals surface area contributed by atoms with E-state index in [1.807, 2.05) is 21.9 Å². The van der Waals surface area contributed by atoms with Crippen molar-refractivity contribution in [3.05, 3.63) is 41.0 Å². The van der Waals surface area contributed by atoms with Crippen LogP contribution in [0, 0.1) is 0 Å². The van der Waals surface area contributed by atoms with Crippen molar-refractivity contribution in [2.24, 2.45) is 0 Å². The molecule has 1 N–H and O–H groups in total. The normalized spacial score (nSPS) is 11.8. The first kappa shape index (κ1) is 15.6. The number of thiazole rings is 1. The molecule has 2 aromatic heterocycles. The van der Waals surface area contributed by atoms with Crippen LogP contribution in [0.5, 0.6) is 5.75 Å². The van der Waals surface area contributed by atoms with Gasteiger partial charge in [0.15, 0.2) is 10.7 Å². The maximum Gasteiger partial charge on any atom is 0.356 e. The lowest BCUT2D eigenvalue weighted by molar-refractivity contribution is 0.0691. The summed E-state index contributed by atoms with van der Waals surface area (Å²) in [6.07, 6.45) is 1.56. The topological polar surface area (TPSA) is 63.8 Å². The minimum Gasteiger partial charge on any atom is -0.496 e. The van der Waals surface area contributed by atoms with Crippen LogP contribution in [-0.4, -0.2) is 27.6 Å². The van der Waals surface area contributed by atoms with Crippen LogP contribution in [0.3, 0.4) is 0 Å². The molecule has 0 spiro atoms. The average Bonchev–Trinajstić information content (AvgIpc) is 3.05. The molecule has 0 unspecified atom stereocenters. The summed E-state index contributed by atoms with van der Waals surface area (Å²) in [4.78, 5) is 15.9. The van der Waals surface area contributed by atoms with Gasteiger partial charge in [0.25, 0.3) is 0 Å². The fourth-order valence-corrected chi connectivity index (χ4v) is 3.43. The van der Waals surface area contributed by atoms with Crippen LogP contribution in [0.1, 0.15) is 36.8 Å². The Bertz CT molecular complexity index is 887. The third-order valence-electron chi connectivity index (χ3n) is 3.73. The lowest BCUT2D eigenvalue weighted by Crippen LogP contribution is -2.13. The maximum absolute atomic E-state index is 11.1. The van der Waals surface area contributed by atoms with Gasteiger partial charge in [0, 0.05) is 17.1 Å². The fourth-order valence-electron chi connectivity index (χ4n) is 2.55. The highest BCUT2D eigenvalue weighted by Crippen LogP contribution is 2.36. The monoisotopic (exact) mass is 330 g/mol. The van der Waals surface area contributed by atoms with Gasteiger partial charge in [-0.25, -0.2) is 9.78 Å². The molecule has 0 radical (unpaired) electrons. The number of nitrogens with zero attached hydrogens (tertiary/aromatic N) is 2. The van der Waals surface area contributed by atoms with E-state index in [1.165, 1.54) is 11.3 Å². The molecule has 2 heterocycles. The molecule has 0 atom stereocenters. The van der Waals surface area contributed by atoms with Gasteiger partial charge in [-0.05, 0) is 29.2 Å². The Balaban J connectivity index is 2.17. The third kappa shape index (κ3) is 2.70. The highest BCUT2D eigenvalue weighted by atomic mass is 32.1. The summed E-state index contributed by atoms with van der Waals surface area (Å²) >= 11 is 1.43. The molecule has 0 aliphatic carbocycles. The number of ether oxygens (including phenoxy) is 1. The number of aromatic nitrogens is 2. The molecule has 3 rings (SSSR count). The highest BCUT2D eigenvalue weighted by Gasteiger charge is 2.21. The van der Waals surface area contributed by atoms with Crippen molar-refractivity contribution in [2.75, 3.05) is 7.11 Å². The average molecular weight is 330 g/mol. The van der Waals surface area contributed by atoms with Gasteiger partial charge in [0.1, 0.15) is 5.75 Å². The molecule has 1 aromatic carbocycles. The summed E-state index contributed by atoms with van der Waals surface area (Å²) in [6, 6.07) is 6.03. The Kier molecular flexibility index (Phi) is 3.64. The summed E-state index contributed by atoms with van der Waals surface area (Å²) in [7, 11) is 1.67. The molecule has 0 aliphatic heterocycles. The molecule has 0 aliphatic rings. The van der Waals surface area contributed by atoms with Crippen molar-refractivity contribution in [3.8, 4) is 17.0 Å². The van der Waals surface area contributed by atoms with Gasteiger partial charge in [-0.2, -0.15) is 0 Å². The number of fused-ring (bicyclic) bond motifs is 1. The molecule has 120 valence electrons. The van der Waals surface area contributed by atoms with Crippen LogP contribution >= 0.6 is 11.3 Å². The Hall–Kier alpha value is -2.34. The molecular weight excluding hydrogens is 312 g/mol. The number of imidazole rings is 1. The molecule has 0 fully saturated rings. The van der Waals surface area contributed by atoms with Crippen LogP contribution in [0.25, 0.3) is 16.2 Å². The number of hydrogen-bond donors (Lipinski definition) is 1. The standard InChI is InChI=1S/C17H18N2O3S/c1-17(2,3)11-7-10(5-6-14(11)22-4)13-9-23-16-18-12(15(20)21)8-19(13)16/h5-9H,1-4H3,(H,20,21). The van der Waals surface area contributed by atoms with E-state index < -0.39 is 5.97 Å². The number of benzene rings is 1. The van der Waals surface area contributed by atoms with Crippen LogP contribution < -0.4 is 4.74 Å². The Morgan fingerprint density at radius 2 is 2.09 bits per heavy atom. The minimum absolute atomic E-state index is 0.0579. The van der Waals surface area contributed by atoms with Gasteiger partial charge in [-0.3, -0.25) is 4.40 Å². The maximum atomic E-state index is 11.1. The number of methoxy groups -OCH3 is 1. The molecule has 0 saturated carbocycles. The SMILES string of the molecule is COc1ccc(-c2csc3nc(C(=O)O)cn23)cc1C(C)(C)C. The summed E-state index contributed by atoms with van der Waals surface area (Å²) < 4.78 is 7.29. The predicted octanol–water partition coefficient (Wildman–Crippen LogP) is 4.07. The Morgan fingerprint density at radius 3 is 2.70 bits per heavy atom. The van der Waals surface area contributed by atoms with Crippen LogP contribution in [0.4, 0.5) is 0 Å². The van der Waals surface area contributed by atoms with E-state index in [9.17, 15) is 4.79 Å². The van der Waals surface area contributed by atoms with Gasteiger partial charge < -0.3 is 9.84 Å². The number of rotatable bonds is 3. The van der Waals surface area contributed by atoms with Crippen molar-refractivity contribution in [2.45, 2.75) is 26.2 Å². The van der Waals surface area contributed by atoms with Crippen molar-refractivity contribution in [1.82, 2.24) is 9.38 Å². The molecule has 6 heteroatoms. The molecule has 0 saturated heterocycles. The molecule has 23 heavy (non-hydrogen) atoms. The molecular formula is C17H18N2O3S. The van der Waals surface area contributed by atoms with Gasteiger partial charge in [0.05, 0.1) is 12.8 Å². The second-order valence-corrected chi connectivity index (χ2v) is 7.21. The van der Waals surface area contributed by atoms with Crippen LogP contribution in [-0.2, 0) is 5.41 Å². The first-order chi connectivity index (χ1) is 10.8. The van der Waals surface area contributed by atoms with Crippen molar-refractivity contribution in [1.29, 1.82) is 0 Å². The van der Waals surface area contributed by atoms with E-state index in [0.717, 1.165) is 22.6 Å². The largest absolute Gasteiger partial charge is 0.496 e. The zero-order valence-electron chi connectivity index (χ0n) is 13.5. The van der Waals surface area contributed by atoms with Crippen molar-refractivity contribution < 1.29 is 14.6 Å². The second-order valence-electron chi connectivity index (χ2n) is 6.37. The van der Waals surface area contributed by atoms with E-state index in [1.54, 1.807) is 13.3 Å². The number of carboxylic acid groups (broad SMARTS) is 1. The summed E-state index contributed by atoms with van der Waals surface area (Å²) in [5.74, 6) is -0.165. The van der Waals surface area contributed by atoms with Gasteiger partial charge >= 0.3 is 5.97 Å². The lowest BCUT2D eigenvalue weighted by atomic mass is 9.85. The summed E-state index contributed by atoms with van der Waals surface area (Å²) in [6.45, 7) is 6.41. The second kappa shape index (κ2) is 5.38. The highest BCUT2D eigenvalue weighted by molar-refractivity contribution is 7.15. The zero-order chi connectivity index (χ0) is 16.8. The first-order valence-electron chi connectivity index (χ1n) is 7.20. The van der Waals surface area contributed by atoms with Crippen molar-refractivity contribution >= 4 is 22.3 Å². The van der Waals surface area contributed by atoms with E-state index in [-0.39, 0.29) is 11.1 Å². The van der Waals surface area contributed by atoms with Gasteiger partial charge in [-0.1, -0.05) is 20.8 Å². The van der Waals surface area contributed by atoms with Crippen LogP contribution in [0.2, 0.25) is 0 Å². The Morgan fingerprint density at radius 1 is 1.35 bits per heavy atom. The minimum atomic E-state index is -1.02. The predicted molar refractivity (Wildman–Crippen MR) is 90.7 cm³/mol. The lowest BCUT2D eigenvalue weighted by Gasteiger charge is -2.22. The van der Waals surface area contributed by atoms with E-state index >= 15 is 0 Å². The fraction of sp³-hybridized carbons (Fsp3) is 0.294. The summed E-state index contributed by atoms with van der Waals surface area (Å²) in [5, 5.41) is 11.1. The molecule has 0 amide bonds. The summed E-state index contributed by atoms with van der Waals surface area (Å²) in [5.41, 5.74) is 3.05. The van der Waals surface area contributed by atoms with Gasteiger partial charge in [-0.15, -0.1) is 11.3 Å². The number of hydrogen-bond acceptors (Lipinski definition) is 4. The molecule has 0 bridgehead atoms.